The van der Waals surface area contributed by atoms with E-state index in [1.165, 1.54) is 0 Å². The summed E-state index contributed by atoms with van der Waals surface area (Å²) >= 11 is 0. The molecule has 116 valence electrons. The van der Waals surface area contributed by atoms with Gasteiger partial charge in [0.05, 0.1) is 11.7 Å². The highest BCUT2D eigenvalue weighted by Crippen LogP contribution is 2.15. The highest BCUT2D eigenvalue weighted by atomic mass is 16.3. The minimum atomic E-state index is -0.573. The molecule has 2 aromatic rings. The van der Waals surface area contributed by atoms with Gasteiger partial charge in [0.2, 0.25) is 0 Å². The second-order valence-electron chi connectivity index (χ2n) is 5.27. The molecule has 2 N–H and O–H groups in total. The summed E-state index contributed by atoms with van der Waals surface area (Å²) in [6.45, 7) is 0.407. The number of hydrogen-bond donors (Lipinski definition) is 2. The van der Waals surface area contributed by atoms with E-state index in [0.29, 0.717) is 18.5 Å². The van der Waals surface area contributed by atoms with Crippen LogP contribution in [0, 0.1) is 0 Å². The molecule has 1 unspecified atom stereocenters. The summed E-state index contributed by atoms with van der Waals surface area (Å²) in [5.74, 6) is 0.620. The van der Waals surface area contributed by atoms with E-state index in [-0.39, 0.29) is 5.91 Å². The first-order valence-corrected chi connectivity index (χ1v) is 7.22. The van der Waals surface area contributed by atoms with Crippen LogP contribution < -0.4 is 10.2 Å². The molecule has 0 aliphatic rings. The molecule has 5 heteroatoms. The number of aliphatic hydroxyl groups excluding tert-OH is 1. The zero-order valence-corrected chi connectivity index (χ0v) is 12.9. The number of nitrogens with one attached hydrogen (secondary N) is 1. The van der Waals surface area contributed by atoms with Gasteiger partial charge >= 0.3 is 0 Å². The van der Waals surface area contributed by atoms with Crippen LogP contribution in [0.25, 0.3) is 0 Å². The lowest BCUT2D eigenvalue weighted by Gasteiger charge is -2.13. The molecule has 0 bridgehead atoms. The zero-order valence-electron chi connectivity index (χ0n) is 12.9. The standard InChI is InChI=1S/C17H21N3O2/c1-20(2)16-9-8-14(12-19-16)17(22)18-11-10-15(21)13-6-4-3-5-7-13/h3-9,12,15,21H,10-11H2,1-2H3,(H,18,22). The number of pyridine rings is 1. The third-order valence-corrected chi connectivity index (χ3v) is 3.36. The topological polar surface area (TPSA) is 65.5 Å². The summed E-state index contributed by atoms with van der Waals surface area (Å²) in [7, 11) is 3.79. The second kappa shape index (κ2) is 7.56. The quantitative estimate of drug-likeness (QED) is 0.856. The van der Waals surface area contributed by atoms with Gasteiger partial charge in [-0.3, -0.25) is 4.79 Å². The molecule has 0 saturated carbocycles. The van der Waals surface area contributed by atoms with Crippen molar-refractivity contribution < 1.29 is 9.90 Å². The van der Waals surface area contributed by atoms with E-state index >= 15 is 0 Å². The van der Waals surface area contributed by atoms with Crippen LogP contribution in [-0.4, -0.2) is 36.6 Å². The van der Waals surface area contributed by atoms with Gasteiger partial charge in [0.1, 0.15) is 5.82 Å². The van der Waals surface area contributed by atoms with Crippen molar-refractivity contribution in [2.45, 2.75) is 12.5 Å². The number of amides is 1. The highest BCUT2D eigenvalue weighted by Gasteiger charge is 2.09. The Morgan fingerprint density at radius 3 is 2.55 bits per heavy atom. The van der Waals surface area contributed by atoms with Gasteiger partial charge in [-0.1, -0.05) is 30.3 Å². The first-order chi connectivity index (χ1) is 10.6. The minimum Gasteiger partial charge on any atom is -0.388 e. The molecular formula is C17H21N3O2. The van der Waals surface area contributed by atoms with E-state index in [0.717, 1.165) is 11.4 Å². The molecule has 5 nitrogen and oxygen atoms in total. The van der Waals surface area contributed by atoms with Crippen molar-refractivity contribution in [1.82, 2.24) is 10.3 Å². The zero-order chi connectivity index (χ0) is 15.9. The Morgan fingerprint density at radius 1 is 1.23 bits per heavy atom. The fourth-order valence-electron chi connectivity index (χ4n) is 2.05. The van der Waals surface area contributed by atoms with Crippen LogP contribution in [0.15, 0.2) is 48.7 Å². The lowest BCUT2D eigenvalue weighted by molar-refractivity contribution is 0.0942. The molecule has 1 aromatic heterocycles. The molecular weight excluding hydrogens is 278 g/mol. The summed E-state index contributed by atoms with van der Waals surface area (Å²) in [6.07, 6.45) is 1.45. The number of aromatic nitrogens is 1. The van der Waals surface area contributed by atoms with Crippen LogP contribution in [0.4, 0.5) is 5.82 Å². The number of carbonyl (C=O) groups excluding carboxylic acids is 1. The Balaban J connectivity index is 1.82. The number of hydrogen-bond acceptors (Lipinski definition) is 4. The largest absolute Gasteiger partial charge is 0.388 e. The summed E-state index contributed by atoms with van der Waals surface area (Å²) in [4.78, 5) is 18.1. The van der Waals surface area contributed by atoms with Crippen LogP contribution in [0.3, 0.4) is 0 Å². The monoisotopic (exact) mass is 299 g/mol. The molecule has 0 fully saturated rings. The number of nitrogens with zero attached hydrogens (tertiary/aromatic N) is 2. The molecule has 0 aliphatic carbocycles. The summed E-state index contributed by atoms with van der Waals surface area (Å²) in [5, 5.41) is 12.8. The SMILES string of the molecule is CN(C)c1ccc(C(=O)NCCC(O)c2ccccc2)cn1. The van der Waals surface area contributed by atoms with Crippen molar-refractivity contribution in [3.8, 4) is 0 Å². The van der Waals surface area contributed by atoms with Gasteiger partial charge in [-0.05, 0) is 24.1 Å². The molecule has 0 aliphatic heterocycles. The molecule has 1 amide bonds. The van der Waals surface area contributed by atoms with Gasteiger partial charge in [-0.2, -0.15) is 0 Å². The van der Waals surface area contributed by atoms with Crippen molar-refractivity contribution in [1.29, 1.82) is 0 Å². The van der Waals surface area contributed by atoms with Crippen molar-refractivity contribution in [2.24, 2.45) is 0 Å². The number of rotatable bonds is 6. The third kappa shape index (κ3) is 4.30. The van der Waals surface area contributed by atoms with Crippen LogP contribution in [0.2, 0.25) is 0 Å². The van der Waals surface area contributed by atoms with Crippen LogP contribution in [0.1, 0.15) is 28.4 Å². The minimum absolute atomic E-state index is 0.182. The molecule has 1 heterocycles. The Labute approximate surface area is 130 Å². The first-order valence-electron chi connectivity index (χ1n) is 7.22. The molecule has 22 heavy (non-hydrogen) atoms. The van der Waals surface area contributed by atoms with Gasteiger partial charge in [0, 0.05) is 26.8 Å². The predicted octanol–water partition coefficient (Wildman–Crippen LogP) is 2.00. The average molecular weight is 299 g/mol. The van der Waals surface area contributed by atoms with E-state index in [1.54, 1.807) is 18.3 Å². The number of aliphatic hydroxyl groups is 1. The Hall–Kier alpha value is -2.40. The Kier molecular flexibility index (Phi) is 5.49. The molecule has 1 atom stereocenters. The van der Waals surface area contributed by atoms with Gasteiger partial charge in [0.15, 0.2) is 0 Å². The van der Waals surface area contributed by atoms with E-state index in [1.807, 2.05) is 49.3 Å². The molecule has 0 radical (unpaired) electrons. The maximum Gasteiger partial charge on any atom is 0.252 e. The Morgan fingerprint density at radius 2 is 1.95 bits per heavy atom. The summed E-state index contributed by atoms with van der Waals surface area (Å²) in [6, 6.07) is 13.0. The van der Waals surface area contributed by atoms with Gasteiger partial charge in [0.25, 0.3) is 5.91 Å². The third-order valence-electron chi connectivity index (χ3n) is 3.36. The van der Waals surface area contributed by atoms with Crippen LogP contribution in [-0.2, 0) is 0 Å². The maximum absolute atomic E-state index is 12.0. The first kappa shape index (κ1) is 16.0. The van der Waals surface area contributed by atoms with Gasteiger partial charge < -0.3 is 15.3 Å². The van der Waals surface area contributed by atoms with Gasteiger partial charge in [-0.25, -0.2) is 4.98 Å². The van der Waals surface area contributed by atoms with Gasteiger partial charge in [-0.15, -0.1) is 0 Å². The predicted molar refractivity (Wildman–Crippen MR) is 86.9 cm³/mol. The fraction of sp³-hybridized carbons (Fsp3) is 0.294. The number of carbonyl (C=O) groups is 1. The second-order valence-corrected chi connectivity index (χ2v) is 5.27. The van der Waals surface area contributed by atoms with Crippen LogP contribution >= 0.6 is 0 Å². The summed E-state index contributed by atoms with van der Waals surface area (Å²) < 4.78 is 0. The fourth-order valence-corrected chi connectivity index (χ4v) is 2.05. The summed E-state index contributed by atoms with van der Waals surface area (Å²) in [5.41, 5.74) is 1.37. The lowest BCUT2D eigenvalue weighted by Crippen LogP contribution is -2.26. The van der Waals surface area contributed by atoms with E-state index in [2.05, 4.69) is 10.3 Å². The Bertz CT molecular complexity index is 597. The van der Waals surface area contributed by atoms with Crippen molar-refractivity contribution in [2.75, 3.05) is 25.5 Å². The van der Waals surface area contributed by atoms with Crippen molar-refractivity contribution in [3.05, 3.63) is 59.8 Å². The number of benzene rings is 1. The van der Waals surface area contributed by atoms with E-state index < -0.39 is 6.10 Å². The smallest absolute Gasteiger partial charge is 0.252 e. The van der Waals surface area contributed by atoms with E-state index in [4.69, 9.17) is 0 Å². The van der Waals surface area contributed by atoms with E-state index in [9.17, 15) is 9.90 Å². The van der Waals surface area contributed by atoms with Crippen molar-refractivity contribution in [3.63, 3.8) is 0 Å². The highest BCUT2D eigenvalue weighted by molar-refractivity contribution is 5.94. The van der Waals surface area contributed by atoms with Crippen LogP contribution in [0.5, 0.6) is 0 Å². The number of anilines is 1. The molecule has 1 aromatic carbocycles. The average Bonchev–Trinajstić information content (AvgIpc) is 2.55. The molecule has 0 spiro atoms. The lowest BCUT2D eigenvalue weighted by atomic mass is 10.1. The maximum atomic E-state index is 12.0. The molecule has 2 rings (SSSR count). The normalized spacial score (nSPS) is 11.8. The molecule has 0 saturated heterocycles. The van der Waals surface area contributed by atoms with Crippen molar-refractivity contribution >= 4 is 11.7 Å².